The molecule has 196 valence electrons. The minimum absolute atomic E-state index is 0.984. The van der Waals surface area contributed by atoms with Gasteiger partial charge in [0.2, 0.25) is 0 Å². The van der Waals surface area contributed by atoms with Gasteiger partial charge in [-0.15, -0.1) is 0 Å². The van der Waals surface area contributed by atoms with Crippen LogP contribution in [0.1, 0.15) is 65.1 Å². The molecule has 0 unspecified atom stereocenters. The zero-order valence-corrected chi connectivity index (χ0v) is 23.9. The largest absolute Gasteiger partial charge is 0.299 e. The number of imidazole rings is 1. The van der Waals surface area contributed by atoms with Gasteiger partial charge < -0.3 is 0 Å². The predicted octanol–water partition coefficient (Wildman–Crippen LogP) is 9.74. The molecule has 0 saturated heterocycles. The fraction of sp³-hybridized carbons (Fsp3) is 0.270. The second-order valence-electron chi connectivity index (χ2n) is 11.2. The van der Waals surface area contributed by atoms with E-state index >= 15 is 0 Å². The molecule has 2 nitrogen and oxygen atoms in total. The van der Waals surface area contributed by atoms with Gasteiger partial charge in [0.1, 0.15) is 5.82 Å². The van der Waals surface area contributed by atoms with Crippen molar-refractivity contribution in [2.24, 2.45) is 0 Å². The Hall–Kier alpha value is -3.91. The van der Waals surface area contributed by atoms with Gasteiger partial charge in [-0.3, -0.25) is 4.57 Å². The summed E-state index contributed by atoms with van der Waals surface area (Å²) in [5, 5.41) is 0. The van der Waals surface area contributed by atoms with Crippen LogP contribution in [0.5, 0.6) is 0 Å². The monoisotopic (exact) mass is 510 g/mol. The molecule has 0 radical (unpaired) electrons. The molecule has 1 aliphatic carbocycles. The van der Waals surface area contributed by atoms with E-state index in [2.05, 4.69) is 112 Å². The van der Waals surface area contributed by atoms with Gasteiger partial charge in [-0.1, -0.05) is 80.4 Å². The van der Waals surface area contributed by atoms with Crippen molar-refractivity contribution in [1.82, 2.24) is 9.55 Å². The molecule has 0 fully saturated rings. The van der Waals surface area contributed by atoms with Crippen LogP contribution >= 0.6 is 0 Å². The molecule has 2 heteroatoms. The fourth-order valence-electron chi connectivity index (χ4n) is 6.48. The van der Waals surface area contributed by atoms with Crippen LogP contribution in [0.15, 0.2) is 79.1 Å². The van der Waals surface area contributed by atoms with Crippen molar-refractivity contribution in [3.8, 4) is 39.3 Å². The van der Waals surface area contributed by atoms with Crippen molar-refractivity contribution in [3.63, 3.8) is 0 Å². The van der Waals surface area contributed by atoms with Crippen molar-refractivity contribution >= 4 is 0 Å². The second-order valence-corrected chi connectivity index (χ2v) is 11.2. The summed E-state index contributed by atoms with van der Waals surface area (Å²) in [7, 11) is 0. The van der Waals surface area contributed by atoms with Crippen LogP contribution in [-0.4, -0.2) is 9.55 Å². The lowest BCUT2D eigenvalue weighted by atomic mass is 9.86. The third kappa shape index (κ3) is 4.42. The third-order valence-corrected chi connectivity index (χ3v) is 8.81. The molecule has 0 aliphatic heterocycles. The minimum atomic E-state index is 0.984. The first-order valence-electron chi connectivity index (χ1n) is 14.4. The molecule has 1 aliphatic rings. The summed E-state index contributed by atoms with van der Waals surface area (Å²) in [5.74, 6) is 0.984. The Morgan fingerprint density at radius 2 is 1.41 bits per heavy atom. The van der Waals surface area contributed by atoms with E-state index in [1.54, 1.807) is 0 Å². The number of rotatable bonds is 7. The van der Waals surface area contributed by atoms with Crippen LogP contribution in [0.4, 0.5) is 0 Å². The highest BCUT2D eigenvalue weighted by Crippen LogP contribution is 2.43. The van der Waals surface area contributed by atoms with Crippen molar-refractivity contribution < 1.29 is 0 Å². The molecule has 1 heterocycles. The molecule has 39 heavy (non-hydrogen) atoms. The lowest BCUT2D eigenvalue weighted by Crippen LogP contribution is -2.07. The molecular weight excluding hydrogens is 472 g/mol. The molecule has 5 aromatic rings. The van der Waals surface area contributed by atoms with E-state index in [1.165, 1.54) is 92.6 Å². The SMILES string of the molecule is CCCCCc1ccc2c(c1)-c1cc(-c3c(C)c(C)c(-n4ccnc4-c4ccccc4)c(C)c3C)ccc1C2. The van der Waals surface area contributed by atoms with Gasteiger partial charge in [0, 0.05) is 18.0 Å². The van der Waals surface area contributed by atoms with Gasteiger partial charge in [-0.25, -0.2) is 4.98 Å². The highest BCUT2D eigenvalue weighted by Gasteiger charge is 2.23. The summed E-state index contributed by atoms with van der Waals surface area (Å²) in [6, 6.07) is 24.8. The maximum Gasteiger partial charge on any atom is 0.144 e. The first-order valence-corrected chi connectivity index (χ1v) is 14.4. The van der Waals surface area contributed by atoms with E-state index in [1.807, 2.05) is 6.20 Å². The maximum absolute atomic E-state index is 4.74. The molecule has 4 aromatic carbocycles. The Morgan fingerprint density at radius 3 is 2.13 bits per heavy atom. The summed E-state index contributed by atoms with van der Waals surface area (Å²) >= 11 is 0. The maximum atomic E-state index is 4.74. The molecule has 1 aromatic heterocycles. The van der Waals surface area contributed by atoms with E-state index < -0.39 is 0 Å². The Kier molecular flexibility index (Phi) is 6.73. The number of nitrogens with zero attached hydrogens (tertiary/aromatic N) is 2. The molecule has 0 amide bonds. The number of aryl methyl sites for hydroxylation is 1. The third-order valence-electron chi connectivity index (χ3n) is 8.81. The van der Waals surface area contributed by atoms with Gasteiger partial charge >= 0.3 is 0 Å². The topological polar surface area (TPSA) is 17.8 Å². The van der Waals surface area contributed by atoms with Crippen LogP contribution in [0.25, 0.3) is 39.3 Å². The van der Waals surface area contributed by atoms with Crippen molar-refractivity contribution in [1.29, 1.82) is 0 Å². The number of hydrogen-bond acceptors (Lipinski definition) is 1. The van der Waals surface area contributed by atoms with E-state index in [9.17, 15) is 0 Å². The van der Waals surface area contributed by atoms with Crippen LogP contribution in [-0.2, 0) is 12.8 Å². The standard InChI is InChI=1S/C37H38N2/c1-6-7-9-12-28-15-16-30-22-31-17-18-32(23-34(31)33(30)21-28)35-24(2)26(4)36(27(5)25(35)3)39-20-19-38-37(39)29-13-10-8-11-14-29/h8,10-11,13-21,23H,6-7,9,12,22H2,1-5H3. The summed E-state index contributed by atoms with van der Waals surface area (Å²) in [6.07, 6.45) is 10.1. The minimum Gasteiger partial charge on any atom is -0.299 e. The van der Waals surface area contributed by atoms with E-state index in [0.29, 0.717) is 0 Å². The van der Waals surface area contributed by atoms with Crippen LogP contribution in [0, 0.1) is 27.7 Å². The normalized spacial score (nSPS) is 12.0. The van der Waals surface area contributed by atoms with E-state index in [0.717, 1.165) is 17.8 Å². The number of aromatic nitrogens is 2. The Morgan fingerprint density at radius 1 is 0.718 bits per heavy atom. The summed E-state index contributed by atoms with van der Waals surface area (Å²) in [6.45, 7) is 11.4. The Balaban J connectivity index is 1.43. The quantitative estimate of drug-likeness (QED) is 0.195. The molecule has 0 saturated carbocycles. The number of unbranched alkanes of at least 4 members (excludes halogenated alkanes) is 2. The average molecular weight is 511 g/mol. The first-order chi connectivity index (χ1) is 19.0. The van der Waals surface area contributed by atoms with Crippen LogP contribution < -0.4 is 0 Å². The molecule has 6 rings (SSSR count). The van der Waals surface area contributed by atoms with Crippen LogP contribution in [0.2, 0.25) is 0 Å². The predicted molar refractivity (Wildman–Crippen MR) is 165 cm³/mol. The zero-order chi connectivity index (χ0) is 27.1. The molecule has 0 spiro atoms. The fourth-order valence-corrected chi connectivity index (χ4v) is 6.48. The number of benzene rings is 4. The lowest BCUT2D eigenvalue weighted by Gasteiger charge is -2.23. The molecule has 0 N–H and O–H groups in total. The summed E-state index contributed by atoms with van der Waals surface area (Å²) < 4.78 is 2.27. The average Bonchev–Trinajstić information content (AvgIpc) is 3.58. The second kappa shape index (κ2) is 10.3. The Bertz CT molecular complexity index is 1640. The summed E-state index contributed by atoms with van der Waals surface area (Å²) in [4.78, 5) is 4.74. The zero-order valence-electron chi connectivity index (χ0n) is 23.9. The van der Waals surface area contributed by atoms with Gasteiger partial charge in [0.05, 0.1) is 5.69 Å². The van der Waals surface area contributed by atoms with Crippen LogP contribution in [0.3, 0.4) is 0 Å². The smallest absolute Gasteiger partial charge is 0.144 e. The van der Waals surface area contributed by atoms with E-state index in [4.69, 9.17) is 4.98 Å². The first kappa shape index (κ1) is 25.4. The Labute approximate surface area is 233 Å². The van der Waals surface area contributed by atoms with Gasteiger partial charge in [0.25, 0.3) is 0 Å². The molecular formula is C37H38N2. The lowest BCUT2D eigenvalue weighted by molar-refractivity contribution is 0.717. The van der Waals surface area contributed by atoms with Gasteiger partial charge in [-0.05, 0) is 114 Å². The number of fused-ring (bicyclic) bond motifs is 3. The highest BCUT2D eigenvalue weighted by atomic mass is 15.1. The molecule has 0 bridgehead atoms. The summed E-state index contributed by atoms with van der Waals surface area (Å²) in [5.41, 5.74) is 17.6. The molecule has 0 atom stereocenters. The number of hydrogen-bond donors (Lipinski definition) is 0. The van der Waals surface area contributed by atoms with E-state index in [-0.39, 0.29) is 0 Å². The van der Waals surface area contributed by atoms with Crippen molar-refractivity contribution in [2.45, 2.75) is 66.7 Å². The highest BCUT2D eigenvalue weighted by molar-refractivity contribution is 5.85. The van der Waals surface area contributed by atoms with Gasteiger partial charge in [0.15, 0.2) is 0 Å². The van der Waals surface area contributed by atoms with Crippen molar-refractivity contribution in [2.75, 3.05) is 0 Å². The van der Waals surface area contributed by atoms with Crippen molar-refractivity contribution in [3.05, 3.63) is 118 Å². The van der Waals surface area contributed by atoms with Gasteiger partial charge in [-0.2, -0.15) is 0 Å².